The monoisotopic (exact) mass is 204 g/mol. The molecule has 1 aliphatic carbocycles. The second kappa shape index (κ2) is 4.65. The second-order valence-electron chi connectivity index (χ2n) is 4.49. The zero-order valence-electron chi connectivity index (χ0n) is 9.50. The molecular formula is C13H20N2. The lowest BCUT2D eigenvalue weighted by molar-refractivity contribution is 0.443. The van der Waals surface area contributed by atoms with E-state index in [2.05, 4.69) is 18.0 Å². The van der Waals surface area contributed by atoms with Crippen molar-refractivity contribution in [3.05, 3.63) is 23.5 Å². The Kier molecular flexibility index (Phi) is 3.24. The van der Waals surface area contributed by atoms with E-state index in [1.807, 2.05) is 6.20 Å². The SMILES string of the molecule is CCc1ncc(C2CCCCC2)cc1N. The predicted molar refractivity (Wildman–Crippen MR) is 63.9 cm³/mol. The van der Waals surface area contributed by atoms with Gasteiger partial charge in [0.1, 0.15) is 0 Å². The van der Waals surface area contributed by atoms with Gasteiger partial charge < -0.3 is 5.73 Å². The van der Waals surface area contributed by atoms with Gasteiger partial charge in [0.05, 0.1) is 11.4 Å². The number of hydrogen-bond donors (Lipinski definition) is 1. The number of nitrogen functional groups attached to an aromatic ring is 1. The van der Waals surface area contributed by atoms with Crippen molar-refractivity contribution in [2.75, 3.05) is 5.73 Å². The smallest absolute Gasteiger partial charge is 0.0630 e. The van der Waals surface area contributed by atoms with Gasteiger partial charge in [0, 0.05) is 6.20 Å². The normalized spacial score (nSPS) is 17.9. The minimum absolute atomic E-state index is 0.708. The molecular weight excluding hydrogens is 184 g/mol. The highest BCUT2D eigenvalue weighted by Crippen LogP contribution is 2.33. The highest BCUT2D eigenvalue weighted by Gasteiger charge is 2.16. The lowest BCUT2D eigenvalue weighted by atomic mass is 9.84. The number of aromatic nitrogens is 1. The van der Waals surface area contributed by atoms with Crippen LogP contribution in [0.2, 0.25) is 0 Å². The molecule has 2 heteroatoms. The van der Waals surface area contributed by atoms with Crippen molar-refractivity contribution in [2.24, 2.45) is 0 Å². The fourth-order valence-corrected chi connectivity index (χ4v) is 2.48. The lowest BCUT2D eigenvalue weighted by Crippen LogP contribution is -2.07. The molecule has 2 nitrogen and oxygen atoms in total. The Hall–Kier alpha value is -1.05. The quantitative estimate of drug-likeness (QED) is 0.803. The summed E-state index contributed by atoms with van der Waals surface area (Å²) in [5.74, 6) is 0.708. The first-order valence-electron chi connectivity index (χ1n) is 6.05. The second-order valence-corrected chi connectivity index (χ2v) is 4.49. The summed E-state index contributed by atoms with van der Waals surface area (Å²) >= 11 is 0. The van der Waals surface area contributed by atoms with Crippen molar-refractivity contribution in [3.8, 4) is 0 Å². The molecule has 1 aliphatic rings. The van der Waals surface area contributed by atoms with Gasteiger partial charge in [-0.05, 0) is 36.8 Å². The molecule has 0 aliphatic heterocycles. The van der Waals surface area contributed by atoms with E-state index in [9.17, 15) is 0 Å². The van der Waals surface area contributed by atoms with Crippen LogP contribution in [0.5, 0.6) is 0 Å². The molecule has 2 N–H and O–H groups in total. The average Bonchev–Trinajstić information content (AvgIpc) is 2.30. The van der Waals surface area contributed by atoms with Gasteiger partial charge in [-0.2, -0.15) is 0 Å². The Labute approximate surface area is 91.9 Å². The lowest BCUT2D eigenvalue weighted by Gasteiger charge is -2.22. The van der Waals surface area contributed by atoms with Crippen LogP contribution in [0.3, 0.4) is 0 Å². The Morgan fingerprint density at radius 2 is 2.07 bits per heavy atom. The first-order chi connectivity index (χ1) is 7.31. The summed E-state index contributed by atoms with van der Waals surface area (Å²) in [7, 11) is 0. The van der Waals surface area contributed by atoms with Crippen LogP contribution in [-0.4, -0.2) is 4.98 Å². The first kappa shape index (κ1) is 10.5. The molecule has 0 unspecified atom stereocenters. The van der Waals surface area contributed by atoms with E-state index in [4.69, 9.17) is 5.73 Å². The molecule has 0 saturated heterocycles. The van der Waals surface area contributed by atoms with Crippen LogP contribution in [0.25, 0.3) is 0 Å². The summed E-state index contributed by atoms with van der Waals surface area (Å²) in [6, 6.07) is 2.14. The van der Waals surface area contributed by atoms with Gasteiger partial charge >= 0.3 is 0 Å². The average molecular weight is 204 g/mol. The standard InChI is InChI=1S/C13H20N2/c1-2-13-12(14)8-11(9-15-13)10-6-4-3-5-7-10/h8-10H,2-7,14H2,1H3. The molecule has 0 aromatic carbocycles. The molecule has 0 bridgehead atoms. The van der Waals surface area contributed by atoms with E-state index in [1.165, 1.54) is 37.7 Å². The van der Waals surface area contributed by atoms with Gasteiger partial charge in [-0.25, -0.2) is 0 Å². The van der Waals surface area contributed by atoms with Crippen molar-refractivity contribution in [1.82, 2.24) is 4.98 Å². The Morgan fingerprint density at radius 1 is 1.33 bits per heavy atom. The van der Waals surface area contributed by atoms with Crippen LogP contribution in [0.1, 0.15) is 56.2 Å². The molecule has 1 aromatic rings. The number of anilines is 1. The topological polar surface area (TPSA) is 38.9 Å². The molecule has 1 fully saturated rings. The zero-order chi connectivity index (χ0) is 10.7. The highest BCUT2D eigenvalue weighted by atomic mass is 14.7. The van der Waals surface area contributed by atoms with Gasteiger partial charge in [-0.3, -0.25) is 4.98 Å². The van der Waals surface area contributed by atoms with Crippen LogP contribution in [-0.2, 0) is 6.42 Å². The zero-order valence-corrected chi connectivity index (χ0v) is 9.50. The maximum atomic E-state index is 5.98. The van der Waals surface area contributed by atoms with Crippen LogP contribution < -0.4 is 5.73 Å². The minimum Gasteiger partial charge on any atom is -0.397 e. The third kappa shape index (κ3) is 2.31. The third-order valence-electron chi connectivity index (χ3n) is 3.44. The van der Waals surface area contributed by atoms with Crippen molar-refractivity contribution >= 4 is 5.69 Å². The van der Waals surface area contributed by atoms with Gasteiger partial charge in [0.15, 0.2) is 0 Å². The van der Waals surface area contributed by atoms with E-state index in [0.29, 0.717) is 5.92 Å². The summed E-state index contributed by atoms with van der Waals surface area (Å²) in [6.07, 6.45) is 9.70. The molecule has 2 rings (SSSR count). The van der Waals surface area contributed by atoms with Crippen molar-refractivity contribution in [1.29, 1.82) is 0 Å². The van der Waals surface area contributed by atoms with E-state index >= 15 is 0 Å². The Balaban J connectivity index is 2.17. The number of aryl methyl sites for hydroxylation is 1. The highest BCUT2D eigenvalue weighted by molar-refractivity contribution is 5.45. The molecule has 15 heavy (non-hydrogen) atoms. The number of rotatable bonds is 2. The molecule has 0 atom stereocenters. The largest absolute Gasteiger partial charge is 0.397 e. The molecule has 1 heterocycles. The van der Waals surface area contributed by atoms with Crippen molar-refractivity contribution < 1.29 is 0 Å². The third-order valence-corrected chi connectivity index (χ3v) is 3.44. The molecule has 1 aromatic heterocycles. The van der Waals surface area contributed by atoms with Gasteiger partial charge in [0.25, 0.3) is 0 Å². The molecule has 0 amide bonds. The van der Waals surface area contributed by atoms with Crippen LogP contribution in [0.4, 0.5) is 5.69 Å². The van der Waals surface area contributed by atoms with Crippen LogP contribution >= 0.6 is 0 Å². The van der Waals surface area contributed by atoms with Crippen LogP contribution in [0.15, 0.2) is 12.3 Å². The summed E-state index contributed by atoms with van der Waals surface area (Å²) in [4.78, 5) is 4.45. The summed E-state index contributed by atoms with van der Waals surface area (Å²) < 4.78 is 0. The molecule has 1 saturated carbocycles. The van der Waals surface area contributed by atoms with Gasteiger partial charge in [0.2, 0.25) is 0 Å². The number of hydrogen-bond acceptors (Lipinski definition) is 2. The predicted octanol–water partition coefficient (Wildman–Crippen LogP) is 3.27. The van der Waals surface area contributed by atoms with Crippen molar-refractivity contribution in [3.63, 3.8) is 0 Å². The fourth-order valence-electron chi connectivity index (χ4n) is 2.48. The van der Waals surface area contributed by atoms with Gasteiger partial charge in [-0.1, -0.05) is 26.2 Å². The maximum Gasteiger partial charge on any atom is 0.0630 e. The first-order valence-corrected chi connectivity index (χ1v) is 6.05. The number of pyridine rings is 1. The van der Waals surface area contributed by atoms with Gasteiger partial charge in [-0.15, -0.1) is 0 Å². The summed E-state index contributed by atoms with van der Waals surface area (Å²) in [6.45, 7) is 2.10. The Bertz CT molecular complexity index is 327. The minimum atomic E-state index is 0.708. The molecule has 0 radical (unpaired) electrons. The fraction of sp³-hybridized carbons (Fsp3) is 0.615. The van der Waals surface area contributed by atoms with E-state index < -0.39 is 0 Å². The number of nitrogens with two attached hydrogens (primary N) is 1. The molecule has 0 spiro atoms. The van der Waals surface area contributed by atoms with E-state index in [1.54, 1.807) is 0 Å². The van der Waals surface area contributed by atoms with E-state index in [0.717, 1.165) is 17.8 Å². The Morgan fingerprint density at radius 3 is 2.67 bits per heavy atom. The summed E-state index contributed by atoms with van der Waals surface area (Å²) in [5.41, 5.74) is 9.24. The number of nitrogens with zero attached hydrogens (tertiary/aromatic N) is 1. The van der Waals surface area contributed by atoms with Crippen molar-refractivity contribution in [2.45, 2.75) is 51.4 Å². The summed E-state index contributed by atoms with van der Waals surface area (Å²) in [5, 5.41) is 0. The van der Waals surface area contributed by atoms with Crippen LogP contribution in [0, 0.1) is 0 Å². The molecule has 82 valence electrons. The van der Waals surface area contributed by atoms with E-state index in [-0.39, 0.29) is 0 Å². The maximum absolute atomic E-state index is 5.98.